The molecule has 5 heteroatoms. The average Bonchev–Trinajstić information content (AvgIpc) is 2.33. The molecule has 0 aromatic carbocycles. The smallest absolute Gasteiger partial charge is 0.266 e. The first-order chi connectivity index (χ1) is 4.86. The summed E-state index contributed by atoms with van der Waals surface area (Å²) in [5, 5.41) is 2.51. The molecule has 2 rings (SSSR count). The molecule has 10 heavy (non-hydrogen) atoms. The van der Waals surface area contributed by atoms with Crippen LogP contribution in [0.15, 0.2) is 23.4 Å². The van der Waals surface area contributed by atoms with Crippen LogP contribution in [-0.4, -0.2) is 19.6 Å². The van der Waals surface area contributed by atoms with Gasteiger partial charge >= 0.3 is 0 Å². The first-order valence-electron chi connectivity index (χ1n) is 2.75. The zero-order chi connectivity index (χ0) is 6.97. The van der Waals surface area contributed by atoms with E-state index in [0.29, 0.717) is 5.78 Å². The molecule has 0 fully saturated rings. The van der Waals surface area contributed by atoms with E-state index in [1.165, 1.54) is 10.7 Å². The third kappa shape index (κ3) is 0.604. The fraction of sp³-hybridized carbons (Fsp3) is 0. The molecule has 0 unspecified atom stereocenters. The van der Waals surface area contributed by atoms with Crippen LogP contribution in [0.3, 0.4) is 0 Å². The van der Waals surface area contributed by atoms with E-state index in [-0.39, 0.29) is 5.56 Å². The van der Waals surface area contributed by atoms with Crippen molar-refractivity contribution in [3.63, 3.8) is 0 Å². The van der Waals surface area contributed by atoms with Crippen molar-refractivity contribution in [2.75, 3.05) is 0 Å². The zero-order valence-electron chi connectivity index (χ0n) is 4.98. The summed E-state index contributed by atoms with van der Waals surface area (Å²) in [6.07, 6.45) is 4.39. The van der Waals surface area contributed by atoms with Gasteiger partial charge in [0.15, 0.2) is 0 Å². The van der Waals surface area contributed by atoms with Crippen LogP contribution in [0.4, 0.5) is 0 Å². The molecule has 50 valence electrons. The van der Waals surface area contributed by atoms with Gasteiger partial charge in [-0.05, 0) is 0 Å². The van der Waals surface area contributed by atoms with Gasteiger partial charge < -0.3 is 0 Å². The first-order valence-corrected chi connectivity index (χ1v) is 2.75. The van der Waals surface area contributed by atoms with Crippen molar-refractivity contribution in [3.8, 4) is 0 Å². The van der Waals surface area contributed by atoms with Crippen LogP contribution >= 0.6 is 0 Å². The van der Waals surface area contributed by atoms with Crippen molar-refractivity contribution < 1.29 is 0 Å². The molecule has 0 spiro atoms. The van der Waals surface area contributed by atoms with Crippen molar-refractivity contribution in [2.24, 2.45) is 0 Å². The van der Waals surface area contributed by atoms with Gasteiger partial charge in [-0.3, -0.25) is 9.89 Å². The third-order valence-electron chi connectivity index (χ3n) is 1.15. The van der Waals surface area contributed by atoms with Crippen molar-refractivity contribution in [1.82, 2.24) is 19.6 Å². The Morgan fingerprint density at radius 3 is 3.30 bits per heavy atom. The van der Waals surface area contributed by atoms with Gasteiger partial charge in [0, 0.05) is 12.4 Å². The SMILES string of the molecule is O=c1cnc2nccn2[nH]1. The second-order valence-corrected chi connectivity index (χ2v) is 1.83. The normalized spacial score (nSPS) is 10.4. The van der Waals surface area contributed by atoms with Gasteiger partial charge in [-0.25, -0.2) is 14.5 Å². The van der Waals surface area contributed by atoms with Gasteiger partial charge in [-0.15, -0.1) is 0 Å². The van der Waals surface area contributed by atoms with E-state index in [4.69, 9.17) is 0 Å². The lowest BCUT2D eigenvalue weighted by atomic mass is 10.8. The number of imidazole rings is 1. The Morgan fingerprint density at radius 2 is 2.40 bits per heavy atom. The van der Waals surface area contributed by atoms with Gasteiger partial charge in [0.2, 0.25) is 5.78 Å². The number of nitrogens with one attached hydrogen (secondary N) is 1. The molecule has 1 N–H and O–H groups in total. The number of fused-ring (bicyclic) bond motifs is 1. The molecule has 0 atom stereocenters. The topological polar surface area (TPSA) is 63.1 Å². The first kappa shape index (κ1) is 5.16. The number of hydrogen-bond acceptors (Lipinski definition) is 3. The molecule has 0 aliphatic rings. The van der Waals surface area contributed by atoms with Gasteiger partial charge in [0.05, 0.1) is 6.20 Å². The minimum absolute atomic E-state index is 0.231. The Bertz CT molecular complexity index is 401. The van der Waals surface area contributed by atoms with E-state index in [9.17, 15) is 4.79 Å². The second-order valence-electron chi connectivity index (χ2n) is 1.83. The van der Waals surface area contributed by atoms with E-state index >= 15 is 0 Å². The molecular formula is C5H4N4O. The molecule has 0 amide bonds. The van der Waals surface area contributed by atoms with Crippen LogP contribution < -0.4 is 5.56 Å². The molecule has 5 nitrogen and oxygen atoms in total. The van der Waals surface area contributed by atoms with E-state index in [0.717, 1.165) is 0 Å². The summed E-state index contributed by atoms with van der Waals surface area (Å²) in [5.41, 5.74) is -0.231. The van der Waals surface area contributed by atoms with Crippen molar-refractivity contribution in [2.45, 2.75) is 0 Å². The van der Waals surface area contributed by atoms with E-state index < -0.39 is 0 Å². The Balaban J connectivity index is 2.99. The quantitative estimate of drug-likeness (QED) is 0.526. The molecule has 0 saturated carbocycles. The predicted molar refractivity (Wildman–Crippen MR) is 33.6 cm³/mol. The van der Waals surface area contributed by atoms with Gasteiger partial charge in [0.1, 0.15) is 0 Å². The van der Waals surface area contributed by atoms with Crippen LogP contribution in [0.25, 0.3) is 5.78 Å². The minimum Gasteiger partial charge on any atom is -0.266 e. The summed E-state index contributed by atoms with van der Waals surface area (Å²) >= 11 is 0. The maximum Gasteiger partial charge on any atom is 0.281 e. The molecule has 2 aromatic heterocycles. The summed E-state index contributed by atoms with van der Waals surface area (Å²) in [4.78, 5) is 18.2. The number of nitrogens with zero attached hydrogens (tertiary/aromatic N) is 3. The molecule has 0 bridgehead atoms. The fourth-order valence-electron chi connectivity index (χ4n) is 0.742. The second kappa shape index (κ2) is 1.66. The number of rotatable bonds is 0. The van der Waals surface area contributed by atoms with E-state index in [2.05, 4.69) is 15.1 Å². The lowest BCUT2D eigenvalue weighted by molar-refractivity contribution is 0.871. The summed E-state index contributed by atoms with van der Waals surface area (Å²) in [7, 11) is 0. The monoisotopic (exact) mass is 136 g/mol. The lowest BCUT2D eigenvalue weighted by Gasteiger charge is -1.87. The van der Waals surface area contributed by atoms with Crippen molar-refractivity contribution in [1.29, 1.82) is 0 Å². The highest BCUT2D eigenvalue weighted by Crippen LogP contribution is 1.85. The number of aromatic amines is 1. The van der Waals surface area contributed by atoms with Gasteiger partial charge in [-0.1, -0.05) is 0 Å². The van der Waals surface area contributed by atoms with Crippen LogP contribution in [0.1, 0.15) is 0 Å². The average molecular weight is 136 g/mol. The van der Waals surface area contributed by atoms with E-state index in [1.54, 1.807) is 12.4 Å². The van der Waals surface area contributed by atoms with Crippen molar-refractivity contribution >= 4 is 5.78 Å². The molecule has 0 radical (unpaired) electrons. The molecule has 2 aromatic rings. The van der Waals surface area contributed by atoms with Crippen LogP contribution in [0.2, 0.25) is 0 Å². The summed E-state index contributed by atoms with van der Waals surface area (Å²) in [6.45, 7) is 0. The Morgan fingerprint density at radius 1 is 1.50 bits per heavy atom. The standard InChI is InChI=1S/C5H4N4O/c10-4-3-7-5-6-1-2-9(5)8-4/h1-3H,(H,8,10). The van der Waals surface area contributed by atoms with Gasteiger partial charge in [-0.2, -0.15) is 0 Å². The van der Waals surface area contributed by atoms with Crippen molar-refractivity contribution in [3.05, 3.63) is 28.9 Å². The highest BCUT2D eigenvalue weighted by atomic mass is 16.1. The highest BCUT2D eigenvalue weighted by molar-refractivity contribution is 5.22. The van der Waals surface area contributed by atoms with Crippen LogP contribution in [0.5, 0.6) is 0 Å². The number of hydrogen-bond donors (Lipinski definition) is 1. The Kier molecular flexibility index (Phi) is 0.858. The lowest BCUT2D eigenvalue weighted by Crippen LogP contribution is -2.10. The summed E-state index contributed by atoms with van der Waals surface area (Å²) in [6, 6.07) is 0. The molecule has 0 aliphatic carbocycles. The highest BCUT2D eigenvalue weighted by Gasteiger charge is 1.91. The fourth-order valence-corrected chi connectivity index (χ4v) is 0.742. The van der Waals surface area contributed by atoms with E-state index in [1.807, 2.05) is 0 Å². The minimum atomic E-state index is -0.231. The number of aromatic nitrogens is 4. The summed E-state index contributed by atoms with van der Waals surface area (Å²) < 4.78 is 1.46. The zero-order valence-corrected chi connectivity index (χ0v) is 4.98. The van der Waals surface area contributed by atoms with Crippen LogP contribution in [-0.2, 0) is 0 Å². The molecule has 0 saturated heterocycles. The predicted octanol–water partition coefficient (Wildman–Crippen LogP) is -0.582. The Hall–Kier alpha value is -1.65. The summed E-state index contributed by atoms with van der Waals surface area (Å²) in [5.74, 6) is 0.500. The largest absolute Gasteiger partial charge is 0.281 e. The van der Waals surface area contributed by atoms with Crippen LogP contribution in [0, 0.1) is 0 Å². The molecule has 0 aliphatic heterocycles. The Labute approximate surface area is 55.3 Å². The molecule has 2 heterocycles. The maximum atomic E-state index is 10.6. The van der Waals surface area contributed by atoms with Gasteiger partial charge in [0.25, 0.3) is 5.56 Å². The number of H-pyrrole nitrogens is 1. The third-order valence-corrected chi connectivity index (χ3v) is 1.15. The maximum absolute atomic E-state index is 10.6. The molecular weight excluding hydrogens is 132 g/mol.